The number of ether oxygens (including phenoxy) is 1. The molecule has 0 atom stereocenters. The quantitative estimate of drug-likeness (QED) is 0.567. The summed E-state index contributed by atoms with van der Waals surface area (Å²) in [7, 11) is 1.72. The molecule has 0 aromatic rings. The average molecular weight is 159 g/mol. The Labute approximate surface area is 68.3 Å². The molecule has 0 saturated carbocycles. The smallest absolute Gasteiger partial charge is 0.221 e. The minimum Gasteiger partial charge on any atom is -0.355 e. The van der Waals surface area contributed by atoms with Crippen molar-refractivity contribution in [2.75, 3.05) is 13.8 Å². The molecule has 0 aliphatic rings. The molecular formula is C8H17NO2. The lowest BCUT2D eigenvalue weighted by Crippen LogP contribution is -2.32. The number of hydrogen-bond donors (Lipinski definition) is 0. The summed E-state index contributed by atoms with van der Waals surface area (Å²) in [5.41, 5.74) is -0.177. The van der Waals surface area contributed by atoms with Gasteiger partial charge in [-0.1, -0.05) is 0 Å². The number of carbonyl (C=O) groups excluding carboxylic acids is 1. The van der Waals surface area contributed by atoms with Crippen molar-refractivity contribution >= 4 is 5.91 Å². The number of rotatable bonds is 2. The molecule has 3 nitrogen and oxygen atoms in total. The zero-order valence-corrected chi connectivity index (χ0v) is 7.97. The van der Waals surface area contributed by atoms with Gasteiger partial charge in [-0.25, -0.2) is 0 Å². The second kappa shape index (κ2) is 3.72. The SMILES string of the molecule is CC(=O)N(C)COC(C)(C)C. The van der Waals surface area contributed by atoms with Gasteiger partial charge in [-0.2, -0.15) is 0 Å². The number of nitrogens with zero attached hydrogens (tertiary/aromatic N) is 1. The Hall–Kier alpha value is -0.570. The first-order valence-corrected chi connectivity index (χ1v) is 3.68. The Kier molecular flexibility index (Phi) is 3.52. The maximum atomic E-state index is 10.7. The molecule has 0 N–H and O–H groups in total. The van der Waals surface area contributed by atoms with Gasteiger partial charge in [0, 0.05) is 14.0 Å². The molecular weight excluding hydrogens is 142 g/mol. The summed E-state index contributed by atoms with van der Waals surface area (Å²) < 4.78 is 5.36. The number of carbonyl (C=O) groups is 1. The molecule has 0 aromatic heterocycles. The fraction of sp³-hybridized carbons (Fsp3) is 0.875. The summed E-state index contributed by atoms with van der Waals surface area (Å²) in [5.74, 6) is 0.0225. The lowest BCUT2D eigenvalue weighted by molar-refractivity contribution is -0.137. The Morgan fingerprint density at radius 1 is 1.45 bits per heavy atom. The molecule has 0 fully saturated rings. The van der Waals surface area contributed by atoms with Crippen molar-refractivity contribution in [2.24, 2.45) is 0 Å². The van der Waals surface area contributed by atoms with E-state index in [9.17, 15) is 4.79 Å². The third-order valence-corrected chi connectivity index (χ3v) is 1.23. The lowest BCUT2D eigenvalue weighted by Gasteiger charge is -2.23. The van der Waals surface area contributed by atoms with Crippen LogP contribution in [0.15, 0.2) is 0 Å². The molecule has 0 radical (unpaired) electrons. The predicted molar refractivity (Wildman–Crippen MR) is 44.1 cm³/mol. The monoisotopic (exact) mass is 159 g/mol. The highest BCUT2D eigenvalue weighted by Crippen LogP contribution is 2.06. The summed E-state index contributed by atoms with van der Waals surface area (Å²) >= 11 is 0. The summed E-state index contributed by atoms with van der Waals surface area (Å²) in [4.78, 5) is 12.2. The van der Waals surface area contributed by atoms with Gasteiger partial charge in [0.1, 0.15) is 6.73 Å². The van der Waals surface area contributed by atoms with Gasteiger partial charge < -0.3 is 9.64 Å². The summed E-state index contributed by atoms with van der Waals surface area (Å²) in [6, 6.07) is 0. The largest absolute Gasteiger partial charge is 0.355 e. The van der Waals surface area contributed by atoms with Crippen molar-refractivity contribution < 1.29 is 9.53 Å². The third kappa shape index (κ3) is 5.85. The van der Waals surface area contributed by atoms with E-state index in [1.807, 2.05) is 20.8 Å². The number of amides is 1. The fourth-order valence-corrected chi connectivity index (χ4v) is 0.381. The molecule has 11 heavy (non-hydrogen) atoms. The van der Waals surface area contributed by atoms with Crippen LogP contribution in [0.3, 0.4) is 0 Å². The maximum absolute atomic E-state index is 10.7. The van der Waals surface area contributed by atoms with E-state index in [1.165, 1.54) is 11.8 Å². The van der Waals surface area contributed by atoms with Gasteiger partial charge in [0.05, 0.1) is 5.60 Å². The Balaban J connectivity index is 3.63. The predicted octanol–water partition coefficient (Wildman–Crippen LogP) is 1.24. The van der Waals surface area contributed by atoms with Crippen LogP contribution in [0.25, 0.3) is 0 Å². The van der Waals surface area contributed by atoms with Gasteiger partial charge in [0.2, 0.25) is 5.91 Å². The summed E-state index contributed by atoms with van der Waals surface area (Å²) in [6.45, 7) is 7.76. The number of hydrogen-bond acceptors (Lipinski definition) is 2. The van der Waals surface area contributed by atoms with Gasteiger partial charge in [0.25, 0.3) is 0 Å². The molecule has 66 valence electrons. The van der Waals surface area contributed by atoms with E-state index in [4.69, 9.17) is 4.74 Å². The molecule has 3 heteroatoms. The topological polar surface area (TPSA) is 29.5 Å². The zero-order valence-electron chi connectivity index (χ0n) is 7.97. The van der Waals surface area contributed by atoms with Crippen LogP contribution in [-0.4, -0.2) is 30.2 Å². The molecule has 0 rings (SSSR count). The highest BCUT2D eigenvalue weighted by Gasteiger charge is 2.11. The van der Waals surface area contributed by atoms with Gasteiger partial charge in [-0.3, -0.25) is 4.79 Å². The first-order valence-electron chi connectivity index (χ1n) is 3.68. The first kappa shape index (κ1) is 10.4. The Bertz CT molecular complexity index is 138. The van der Waals surface area contributed by atoms with E-state index >= 15 is 0 Å². The average Bonchev–Trinajstić information content (AvgIpc) is 1.80. The fourth-order valence-electron chi connectivity index (χ4n) is 0.381. The first-order chi connectivity index (χ1) is 4.83. The van der Waals surface area contributed by atoms with Crippen molar-refractivity contribution in [1.29, 1.82) is 0 Å². The van der Waals surface area contributed by atoms with Crippen LogP contribution in [0.1, 0.15) is 27.7 Å². The third-order valence-electron chi connectivity index (χ3n) is 1.23. The van der Waals surface area contributed by atoms with Crippen LogP contribution in [0.4, 0.5) is 0 Å². The highest BCUT2D eigenvalue weighted by atomic mass is 16.5. The summed E-state index contributed by atoms with van der Waals surface area (Å²) in [5, 5.41) is 0. The van der Waals surface area contributed by atoms with E-state index in [1.54, 1.807) is 7.05 Å². The van der Waals surface area contributed by atoms with E-state index in [0.29, 0.717) is 6.73 Å². The van der Waals surface area contributed by atoms with Gasteiger partial charge in [-0.05, 0) is 20.8 Å². The van der Waals surface area contributed by atoms with Crippen molar-refractivity contribution in [1.82, 2.24) is 4.90 Å². The molecule has 0 bridgehead atoms. The van der Waals surface area contributed by atoms with Crippen LogP contribution in [0, 0.1) is 0 Å². The van der Waals surface area contributed by atoms with Gasteiger partial charge >= 0.3 is 0 Å². The molecule has 0 heterocycles. The van der Waals surface area contributed by atoms with E-state index < -0.39 is 0 Å². The van der Waals surface area contributed by atoms with E-state index in [0.717, 1.165) is 0 Å². The van der Waals surface area contributed by atoms with Gasteiger partial charge in [0.15, 0.2) is 0 Å². The van der Waals surface area contributed by atoms with Crippen LogP contribution in [0.5, 0.6) is 0 Å². The molecule has 0 spiro atoms. The van der Waals surface area contributed by atoms with Crippen molar-refractivity contribution in [3.05, 3.63) is 0 Å². The lowest BCUT2D eigenvalue weighted by atomic mass is 10.2. The van der Waals surface area contributed by atoms with Crippen molar-refractivity contribution in [3.63, 3.8) is 0 Å². The second-order valence-corrected chi connectivity index (χ2v) is 3.60. The van der Waals surface area contributed by atoms with Gasteiger partial charge in [-0.15, -0.1) is 0 Å². The van der Waals surface area contributed by atoms with E-state index in [-0.39, 0.29) is 11.5 Å². The second-order valence-electron chi connectivity index (χ2n) is 3.60. The molecule has 0 aliphatic heterocycles. The maximum Gasteiger partial charge on any atom is 0.221 e. The summed E-state index contributed by atoms with van der Waals surface area (Å²) in [6.07, 6.45) is 0. The molecule has 1 amide bonds. The van der Waals surface area contributed by atoms with Crippen molar-refractivity contribution in [3.8, 4) is 0 Å². The van der Waals surface area contributed by atoms with Crippen LogP contribution in [-0.2, 0) is 9.53 Å². The molecule has 0 saturated heterocycles. The Morgan fingerprint density at radius 2 is 1.91 bits per heavy atom. The molecule has 0 aromatic carbocycles. The van der Waals surface area contributed by atoms with Crippen LogP contribution < -0.4 is 0 Å². The minimum absolute atomic E-state index is 0.0225. The molecule has 0 unspecified atom stereocenters. The zero-order chi connectivity index (χ0) is 9.07. The minimum atomic E-state index is -0.177. The Morgan fingerprint density at radius 3 is 2.18 bits per heavy atom. The normalized spacial score (nSPS) is 11.4. The van der Waals surface area contributed by atoms with Crippen LogP contribution >= 0.6 is 0 Å². The molecule has 0 aliphatic carbocycles. The van der Waals surface area contributed by atoms with Crippen molar-refractivity contribution in [2.45, 2.75) is 33.3 Å². The standard InChI is InChI=1S/C8H17NO2/c1-7(10)9(5)6-11-8(2,3)4/h6H2,1-5H3. The van der Waals surface area contributed by atoms with E-state index in [2.05, 4.69) is 0 Å². The highest BCUT2D eigenvalue weighted by molar-refractivity contribution is 5.72. The van der Waals surface area contributed by atoms with Crippen LogP contribution in [0.2, 0.25) is 0 Å².